The highest BCUT2D eigenvalue weighted by Gasteiger charge is 2.40. The highest BCUT2D eigenvalue weighted by Crippen LogP contribution is 2.30. The Hall–Kier alpha value is -1.26. The number of hydrogen-bond donors (Lipinski definition) is 2. The van der Waals surface area contributed by atoms with Crippen molar-refractivity contribution < 1.29 is 14.7 Å². The lowest BCUT2D eigenvalue weighted by Gasteiger charge is -2.38. The molecule has 3 unspecified atom stereocenters. The van der Waals surface area contributed by atoms with Gasteiger partial charge in [-0.1, -0.05) is 13.3 Å². The molecule has 2 rings (SSSR count). The first-order chi connectivity index (χ1) is 8.92. The first-order valence-corrected chi connectivity index (χ1v) is 7.21. The largest absolute Gasteiger partial charge is 0.481 e. The van der Waals surface area contributed by atoms with E-state index in [-0.39, 0.29) is 12.1 Å². The van der Waals surface area contributed by atoms with E-state index in [2.05, 4.69) is 12.2 Å². The molecule has 1 saturated heterocycles. The molecule has 0 spiro atoms. The van der Waals surface area contributed by atoms with E-state index in [1.54, 1.807) is 11.8 Å². The standard InChI is InChI=1S/C14H24N2O3/c1-10-5-3-6-11(10)15-13(19)16-8-4-7-14(2,9-16)12(17)18/h10-11H,3-9H2,1-2H3,(H,15,19)(H,17,18). The molecule has 19 heavy (non-hydrogen) atoms. The van der Waals surface area contributed by atoms with Crippen molar-refractivity contribution in [2.75, 3.05) is 13.1 Å². The molecule has 0 aromatic heterocycles. The predicted molar refractivity (Wildman–Crippen MR) is 71.9 cm³/mol. The van der Waals surface area contributed by atoms with E-state index >= 15 is 0 Å². The molecule has 1 aliphatic heterocycles. The maximum atomic E-state index is 12.2. The molecule has 2 N–H and O–H groups in total. The van der Waals surface area contributed by atoms with E-state index in [1.807, 2.05) is 0 Å². The number of amides is 2. The highest BCUT2D eigenvalue weighted by atomic mass is 16.4. The number of nitrogens with zero attached hydrogens (tertiary/aromatic N) is 1. The van der Waals surface area contributed by atoms with Crippen molar-refractivity contribution in [1.29, 1.82) is 0 Å². The molecule has 1 saturated carbocycles. The van der Waals surface area contributed by atoms with Crippen LogP contribution in [0.5, 0.6) is 0 Å². The smallest absolute Gasteiger partial charge is 0.317 e. The van der Waals surface area contributed by atoms with Crippen molar-refractivity contribution in [3.8, 4) is 0 Å². The van der Waals surface area contributed by atoms with Gasteiger partial charge in [-0.3, -0.25) is 4.79 Å². The van der Waals surface area contributed by atoms with Crippen molar-refractivity contribution in [2.24, 2.45) is 11.3 Å². The third-order valence-electron chi connectivity index (χ3n) is 4.67. The van der Waals surface area contributed by atoms with Crippen LogP contribution in [0.1, 0.15) is 46.0 Å². The van der Waals surface area contributed by atoms with Crippen molar-refractivity contribution in [2.45, 2.75) is 52.0 Å². The molecule has 0 radical (unpaired) electrons. The van der Waals surface area contributed by atoms with Crippen LogP contribution in [0, 0.1) is 11.3 Å². The van der Waals surface area contributed by atoms with Crippen LogP contribution in [-0.2, 0) is 4.79 Å². The molecule has 2 amide bonds. The van der Waals surface area contributed by atoms with Crippen molar-refractivity contribution >= 4 is 12.0 Å². The van der Waals surface area contributed by atoms with Crippen LogP contribution in [0.4, 0.5) is 4.79 Å². The number of carbonyl (C=O) groups is 2. The molecule has 2 aliphatic rings. The van der Waals surface area contributed by atoms with Crippen LogP contribution in [-0.4, -0.2) is 41.1 Å². The van der Waals surface area contributed by atoms with E-state index in [0.717, 1.165) is 19.3 Å². The minimum atomic E-state index is -0.806. The second-order valence-corrected chi connectivity index (χ2v) is 6.36. The van der Waals surface area contributed by atoms with E-state index in [0.29, 0.717) is 25.4 Å². The molecular weight excluding hydrogens is 244 g/mol. The van der Waals surface area contributed by atoms with Gasteiger partial charge in [0.15, 0.2) is 0 Å². The number of piperidine rings is 1. The van der Waals surface area contributed by atoms with Crippen LogP contribution >= 0.6 is 0 Å². The molecule has 0 aromatic carbocycles. The fourth-order valence-corrected chi connectivity index (χ4v) is 3.20. The van der Waals surface area contributed by atoms with Crippen molar-refractivity contribution in [1.82, 2.24) is 10.2 Å². The Bertz CT molecular complexity index is 372. The lowest BCUT2D eigenvalue weighted by Crippen LogP contribution is -2.53. The molecule has 108 valence electrons. The van der Waals surface area contributed by atoms with Gasteiger partial charge in [0.1, 0.15) is 0 Å². The van der Waals surface area contributed by atoms with E-state index < -0.39 is 11.4 Å². The predicted octanol–water partition coefficient (Wildman–Crippen LogP) is 2.07. The second-order valence-electron chi connectivity index (χ2n) is 6.36. The SMILES string of the molecule is CC1CCCC1NC(=O)N1CCCC(C)(C(=O)O)C1. The Morgan fingerprint density at radius 2 is 2.05 bits per heavy atom. The van der Waals surface area contributed by atoms with Gasteiger partial charge in [0.25, 0.3) is 0 Å². The Balaban J connectivity index is 1.93. The summed E-state index contributed by atoms with van der Waals surface area (Å²) in [4.78, 5) is 25.2. The summed E-state index contributed by atoms with van der Waals surface area (Å²) < 4.78 is 0. The van der Waals surface area contributed by atoms with Crippen LogP contribution in [0.15, 0.2) is 0 Å². The van der Waals surface area contributed by atoms with Gasteiger partial charge >= 0.3 is 12.0 Å². The van der Waals surface area contributed by atoms with Gasteiger partial charge in [0, 0.05) is 19.1 Å². The van der Waals surface area contributed by atoms with Crippen LogP contribution in [0.2, 0.25) is 0 Å². The summed E-state index contributed by atoms with van der Waals surface area (Å²) >= 11 is 0. The number of likely N-dealkylation sites (tertiary alicyclic amines) is 1. The lowest BCUT2D eigenvalue weighted by molar-refractivity contribution is -0.150. The first-order valence-electron chi connectivity index (χ1n) is 7.21. The quantitative estimate of drug-likeness (QED) is 0.805. The Kier molecular flexibility index (Phi) is 4.02. The zero-order valence-electron chi connectivity index (χ0n) is 11.8. The van der Waals surface area contributed by atoms with Gasteiger partial charge in [-0.05, 0) is 38.5 Å². The number of carbonyl (C=O) groups excluding carboxylic acids is 1. The summed E-state index contributed by atoms with van der Waals surface area (Å²) in [6, 6.07) is 0.163. The molecular formula is C14H24N2O3. The van der Waals surface area contributed by atoms with E-state index in [9.17, 15) is 14.7 Å². The van der Waals surface area contributed by atoms with Gasteiger partial charge in [0.05, 0.1) is 5.41 Å². The van der Waals surface area contributed by atoms with Crippen LogP contribution in [0.25, 0.3) is 0 Å². The molecule has 3 atom stereocenters. The van der Waals surface area contributed by atoms with Gasteiger partial charge < -0.3 is 15.3 Å². The maximum absolute atomic E-state index is 12.2. The lowest BCUT2D eigenvalue weighted by atomic mass is 9.82. The fraction of sp³-hybridized carbons (Fsp3) is 0.857. The normalized spacial score (nSPS) is 35.2. The third kappa shape index (κ3) is 3.01. The topological polar surface area (TPSA) is 69.6 Å². The van der Waals surface area contributed by atoms with Gasteiger partial charge in [-0.15, -0.1) is 0 Å². The maximum Gasteiger partial charge on any atom is 0.317 e. The van der Waals surface area contributed by atoms with Crippen molar-refractivity contribution in [3.05, 3.63) is 0 Å². The molecule has 2 fully saturated rings. The minimum absolute atomic E-state index is 0.0917. The molecule has 5 nitrogen and oxygen atoms in total. The number of carboxylic acids is 1. The third-order valence-corrected chi connectivity index (χ3v) is 4.67. The van der Waals surface area contributed by atoms with Crippen molar-refractivity contribution in [3.63, 3.8) is 0 Å². The number of urea groups is 1. The number of hydrogen-bond acceptors (Lipinski definition) is 2. The number of carboxylic acid groups (broad SMARTS) is 1. The van der Waals surface area contributed by atoms with Gasteiger partial charge in [0.2, 0.25) is 0 Å². The van der Waals surface area contributed by atoms with E-state index in [1.165, 1.54) is 6.42 Å². The summed E-state index contributed by atoms with van der Waals surface area (Å²) in [6.07, 6.45) is 4.77. The molecule has 0 bridgehead atoms. The summed E-state index contributed by atoms with van der Waals surface area (Å²) in [6.45, 7) is 4.87. The average Bonchev–Trinajstić information content (AvgIpc) is 2.75. The minimum Gasteiger partial charge on any atom is -0.481 e. The first kappa shape index (κ1) is 14.2. The monoisotopic (exact) mass is 268 g/mol. The Labute approximate surface area is 114 Å². The molecule has 0 aromatic rings. The Morgan fingerprint density at radius 1 is 1.32 bits per heavy atom. The zero-order valence-corrected chi connectivity index (χ0v) is 11.8. The summed E-state index contributed by atoms with van der Waals surface area (Å²) in [7, 11) is 0. The summed E-state index contributed by atoms with van der Waals surface area (Å²) in [5.41, 5.74) is -0.795. The van der Waals surface area contributed by atoms with Gasteiger partial charge in [-0.25, -0.2) is 4.79 Å². The van der Waals surface area contributed by atoms with Crippen LogP contribution in [0.3, 0.4) is 0 Å². The fourth-order valence-electron chi connectivity index (χ4n) is 3.20. The summed E-state index contributed by atoms with van der Waals surface area (Å²) in [5.74, 6) is -0.279. The van der Waals surface area contributed by atoms with Crippen LogP contribution < -0.4 is 5.32 Å². The zero-order chi connectivity index (χ0) is 14.0. The molecule has 5 heteroatoms. The van der Waals surface area contributed by atoms with Gasteiger partial charge in [-0.2, -0.15) is 0 Å². The number of nitrogens with one attached hydrogen (secondary N) is 1. The Morgan fingerprint density at radius 3 is 2.63 bits per heavy atom. The van der Waals surface area contributed by atoms with E-state index in [4.69, 9.17) is 0 Å². The summed E-state index contributed by atoms with van der Waals surface area (Å²) in [5, 5.41) is 12.3. The molecule has 1 heterocycles. The second kappa shape index (κ2) is 5.39. The average molecular weight is 268 g/mol. The number of aliphatic carboxylic acids is 1. The molecule has 1 aliphatic carbocycles. The number of rotatable bonds is 2. The highest BCUT2D eigenvalue weighted by molar-refractivity contribution is 5.78.